The Morgan fingerprint density at radius 2 is 1.59 bits per heavy atom. The van der Waals surface area contributed by atoms with E-state index in [1.165, 1.54) is 6.26 Å². The van der Waals surface area contributed by atoms with Gasteiger partial charge in [-0.25, -0.2) is 0 Å². The number of rotatable bonds is 4. The molecule has 0 aliphatic carbocycles. The quantitative estimate of drug-likeness (QED) is 0.899. The molecule has 0 unspecified atom stereocenters. The van der Waals surface area contributed by atoms with E-state index < -0.39 is 0 Å². The summed E-state index contributed by atoms with van der Waals surface area (Å²) >= 11 is 0. The monoisotopic (exact) mass is 300 g/mol. The molecule has 0 aliphatic heterocycles. The van der Waals surface area contributed by atoms with E-state index in [-0.39, 0.29) is 23.0 Å². The van der Waals surface area contributed by atoms with Gasteiger partial charge in [0, 0.05) is 17.8 Å². The highest BCUT2D eigenvalue weighted by Crippen LogP contribution is 2.20. The molecule has 2 rings (SSSR count). The lowest BCUT2D eigenvalue weighted by molar-refractivity contribution is -0.117. The van der Waals surface area contributed by atoms with Gasteiger partial charge < -0.3 is 15.1 Å². The minimum Gasteiger partial charge on any atom is -0.459 e. The van der Waals surface area contributed by atoms with Crippen LogP contribution in [0.25, 0.3) is 0 Å². The first-order chi connectivity index (χ1) is 10.3. The maximum absolute atomic E-state index is 11.9. The van der Waals surface area contributed by atoms with Crippen molar-refractivity contribution in [1.29, 1.82) is 0 Å². The third kappa shape index (κ3) is 4.77. The van der Waals surface area contributed by atoms with Gasteiger partial charge in [-0.3, -0.25) is 9.59 Å². The number of anilines is 2. The summed E-state index contributed by atoms with van der Waals surface area (Å²) in [6.07, 6.45) is 1.90. The number of amides is 2. The average Bonchev–Trinajstić information content (AvgIpc) is 2.92. The molecule has 5 heteroatoms. The standard InChI is InChI=1S/C17H20N2O3/c1-17(2,3)11-15(20)18-12-6-8-13(9-7-12)19-16(21)14-5-4-10-22-14/h4-10H,11H2,1-3H3,(H,18,20)(H,19,21). The van der Waals surface area contributed by atoms with Crippen LogP contribution in [0.1, 0.15) is 37.7 Å². The van der Waals surface area contributed by atoms with Gasteiger partial charge >= 0.3 is 0 Å². The van der Waals surface area contributed by atoms with Crippen LogP contribution in [0.4, 0.5) is 11.4 Å². The molecular weight excluding hydrogens is 280 g/mol. The third-order valence-electron chi connectivity index (χ3n) is 2.86. The Balaban J connectivity index is 1.93. The summed E-state index contributed by atoms with van der Waals surface area (Å²) in [5.74, 6) is -0.0862. The minimum atomic E-state index is -0.311. The van der Waals surface area contributed by atoms with Gasteiger partial charge in [0.2, 0.25) is 5.91 Å². The van der Waals surface area contributed by atoms with Crippen LogP contribution in [-0.4, -0.2) is 11.8 Å². The van der Waals surface area contributed by atoms with Crippen molar-refractivity contribution in [1.82, 2.24) is 0 Å². The van der Waals surface area contributed by atoms with Crippen molar-refractivity contribution in [3.63, 3.8) is 0 Å². The molecule has 1 heterocycles. The molecule has 0 atom stereocenters. The molecule has 0 bridgehead atoms. The number of furan rings is 1. The molecule has 0 saturated heterocycles. The predicted octanol–water partition coefficient (Wildman–Crippen LogP) is 3.91. The van der Waals surface area contributed by atoms with Gasteiger partial charge in [-0.2, -0.15) is 0 Å². The van der Waals surface area contributed by atoms with E-state index in [2.05, 4.69) is 10.6 Å². The molecule has 0 fully saturated rings. The largest absolute Gasteiger partial charge is 0.459 e. The topological polar surface area (TPSA) is 71.3 Å². The number of hydrogen-bond donors (Lipinski definition) is 2. The Morgan fingerprint density at radius 1 is 1.00 bits per heavy atom. The molecule has 2 N–H and O–H groups in total. The Morgan fingerprint density at radius 3 is 2.09 bits per heavy atom. The van der Waals surface area contributed by atoms with E-state index >= 15 is 0 Å². The summed E-state index contributed by atoms with van der Waals surface area (Å²) in [7, 11) is 0. The Bertz CT molecular complexity index is 638. The zero-order valence-electron chi connectivity index (χ0n) is 13.0. The smallest absolute Gasteiger partial charge is 0.291 e. The van der Waals surface area contributed by atoms with Crippen LogP contribution in [-0.2, 0) is 4.79 Å². The highest BCUT2D eigenvalue weighted by molar-refractivity contribution is 6.02. The number of carbonyl (C=O) groups excluding carboxylic acids is 2. The molecule has 2 amide bonds. The zero-order valence-corrected chi connectivity index (χ0v) is 13.0. The summed E-state index contributed by atoms with van der Waals surface area (Å²) in [4.78, 5) is 23.7. The molecule has 0 saturated carbocycles. The number of benzene rings is 1. The molecule has 22 heavy (non-hydrogen) atoms. The minimum absolute atomic E-state index is 0.0279. The lowest BCUT2D eigenvalue weighted by atomic mass is 9.92. The van der Waals surface area contributed by atoms with E-state index in [0.717, 1.165) is 0 Å². The Hall–Kier alpha value is -2.56. The van der Waals surface area contributed by atoms with Gasteiger partial charge in [0.1, 0.15) is 0 Å². The van der Waals surface area contributed by atoms with E-state index in [0.29, 0.717) is 17.8 Å². The van der Waals surface area contributed by atoms with Crippen LogP contribution in [0.2, 0.25) is 0 Å². The molecule has 0 spiro atoms. The van der Waals surface area contributed by atoms with Crippen molar-refractivity contribution >= 4 is 23.2 Å². The maximum Gasteiger partial charge on any atom is 0.291 e. The first-order valence-corrected chi connectivity index (χ1v) is 7.08. The fourth-order valence-corrected chi connectivity index (χ4v) is 1.92. The van der Waals surface area contributed by atoms with Gasteiger partial charge in [-0.1, -0.05) is 20.8 Å². The molecule has 0 radical (unpaired) electrons. The lowest BCUT2D eigenvalue weighted by Gasteiger charge is -2.17. The Labute approximate surface area is 129 Å². The maximum atomic E-state index is 11.9. The first kappa shape index (κ1) is 15.8. The lowest BCUT2D eigenvalue weighted by Crippen LogP contribution is -2.19. The van der Waals surface area contributed by atoms with Gasteiger partial charge in [0.25, 0.3) is 5.91 Å². The summed E-state index contributed by atoms with van der Waals surface area (Å²) in [6, 6.07) is 10.2. The van der Waals surface area contributed by atoms with Crippen molar-refractivity contribution in [2.75, 3.05) is 10.6 Å². The molecule has 1 aromatic heterocycles. The summed E-state index contributed by atoms with van der Waals surface area (Å²) in [6.45, 7) is 6.04. The normalized spacial score (nSPS) is 11.0. The second-order valence-electron chi connectivity index (χ2n) is 6.29. The Kier molecular flexibility index (Phi) is 4.65. The highest BCUT2D eigenvalue weighted by Gasteiger charge is 2.16. The van der Waals surface area contributed by atoms with Crippen LogP contribution in [0.15, 0.2) is 47.1 Å². The number of carbonyl (C=O) groups is 2. The van der Waals surface area contributed by atoms with E-state index in [9.17, 15) is 9.59 Å². The van der Waals surface area contributed by atoms with E-state index in [4.69, 9.17) is 4.42 Å². The van der Waals surface area contributed by atoms with E-state index in [1.54, 1.807) is 36.4 Å². The van der Waals surface area contributed by atoms with E-state index in [1.807, 2.05) is 20.8 Å². The zero-order chi connectivity index (χ0) is 16.2. The fourth-order valence-electron chi connectivity index (χ4n) is 1.92. The predicted molar refractivity (Wildman–Crippen MR) is 85.8 cm³/mol. The second-order valence-corrected chi connectivity index (χ2v) is 6.29. The van der Waals surface area contributed by atoms with Crippen LogP contribution in [0.3, 0.4) is 0 Å². The summed E-state index contributed by atoms with van der Waals surface area (Å²) in [5.41, 5.74) is 1.28. The van der Waals surface area contributed by atoms with Crippen molar-refractivity contribution in [3.05, 3.63) is 48.4 Å². The van der Waals surface area contributed by atoms with Crippen molar-refractivity contribution in [2.45, 2.75) is 27.2 Å². The second kappa shape index (κ2) is 6.47. The van der Waals surface area contributed by atoms with Gasteiger partial charge in [-0.05, 0) is 41.8 Å². The molecule has 5 nitrogen and oxygen atoms in total. The van der Waals surface area contributed by atoms with Gasteiger partial charge in [-0.15, -0.1) is 0 Å². The number of hydrogen-bond acceptors (Lipinski definition) is 3. The van der Waals surface area contributed by atoms with Crippen molar-refractivity contribution < 1.29 is 14.0 Å². The molecule has 0 aliphatic rings. The summed E-state index contributed by atoms with van der Waals surface area (Å²) in [5, 5.41) is 5.55. The van der Waals surface area contributed by atoms with Gasteiger partial charge in [0.05, 0.1) is 6.26 Å². The van der Waals surface area contributed by atoms with Crippen LogP contribution in [0.5, 0.6) is 0 Å². The average molecular weight is 300 g/mol. The van der Waals surface area contributed by atoms with Crippen LogP contribution < -0.4 is 10.6 Å². The van der Waals surface area contributed by atoms with Crippen molar-refractivity contribution in [3.8, 4) is 0 Å². The third-order valence-corrected chi connectivity index (χ3v) is 2.86. The molecule has 2 aromatic rings. The van der Waals surface area contributed by atoms with Crippen LogP contribution in [0, 0.1) is 5.41 Å². The number of nitrogens with one attached hydrogen (secondary N) is 2. The SMILES string of the molecule is CC(C)(C)CC(=O)Nc1ccc(NC(=O)c2ccco2)cc1. The fraction of sp³-hybridized carbons (Fsp3) is 0.294. The van der Waals surface area contributed by atoms with Gasteiger partial charge in [0.15, 0.2) is 5.76 Å². The molecular formula is C17H20N2O3. The highest BCUT2D eigenvalue weighted by atomic mass is 16.3. The molecule has 116 valence electrons. The van der Waals surface area contributed by atoms with Crippen molar-refractivity contribution in [2.24, 2.45) is 5.41 Å². The first-order valence-electron chi connectivity index (χ1n) is 7.08. The summed E-state index contributed by atoms with van der Waals surface area (Å²) < 4.78 is 5.02. The molecule has 1 aromatic carbocycles. The van der Waals surface area contributed by atoms with Crippen LogP contribution >= 0.6 is 0 Å².